The molecule has 0 bridgehead atoms. The van der Waals surface area contributed by atoms with E-state index < -0.39 is 16.1 Å². The number of carbonyl (C=O) groups is 1. The van der Waals surface area contributed by atoms with Gasteiger partial charge in [-0.2, -0.15) is 0 Å². The summed E-state index contributed by atoms with van der Waals surface area (Å²) in [6.07, 6.45) is -0.779. The van der Waals surface area contributed by atoms with E-state index in [0.29, 0.717) is 11.3 Å². The molecular formula is C16H17IN2O4S. The average molecular weight is 460 g/mol. The number of hydrogen-bond donors (Lipinski definition) is 3. The highest BCUT2D eigenvalue weighted by molar-refractivity contribution is 14.1. The Balaban J connectivity index is 2.10. The van der Waals surface area contributed by atoms with Crippen LogP contribution in [0.3, 0.4) is 0 Å². The quantitative estimate of drug-likeness (QED) is 0.577. The first-order valence-electron chi connectivity index (χ1n) is 7.12. The summed E-state index contributed by atoms with van der Waals surface area (Å²) >= 11 is 2.15. The normalized spacial score (nSPS) is 12.6. The average Bonchev–Trinajstić information content (AvgIpc) is 2.53. The zero-order valence-electron chi connectivity index (χ0n) is 12.9. The van der Waals surface area contributed by atoms with Crippen LogP contribution in [-0.4, -0.2) is 32.1 Å². The SMILES string of the molecule is CC(O)CNS(=O)(=O)c1ccc(C(=O)Nc2cccc(I)c2)cc1. The highest BCUT2D eigenvalue weighted by Gasteiger charge is 2.15. The molecule has 0 radical (unpaired) electrons. The Morgan fingerprint density at radius 2 is 1.88 bits per heavy atom. The van der Waals surface area contributed by atoms with Crippen molar-refractivity contribution in [2.75, 3.05) is 11.9 Å². The maximum Gasteiger partial charge on any atom is 0.255 e. The molecule has 0 aliphatic rings. The fraction of sp³-hybridized carbons (Fsp3) is 0.188. The number of carbonyl (C=O) groups excluding carboxylic acids is 1. The van der Waals surface area contributed by atoms with Crippen LogP contribution in [0.5, 0.6) is 0 Å². The second kappa shape index (κ2) is 8.06. The molecule has 3 N–H and O–H groups in total. The Morgan fingerprint density at radius 3 is 2.46 bits per heavy atom. The third-order valence-corrected chi connectivity index (χ3v) is 5.19. The van der Waals surface area contributed by atoms with Crippen molar-refractivity contribution in [2.24, 2.45) is 0 Å². The van der Waals surface area contributed by atoms with Crippen LogP contribution < -0.4 is 10.0 Å². The molecule has 0 fully saturated rings. The van der Waals surface area contributed by atoms with Gasteiger partial charge in [0.15, 0.2) is 0 Å². The van der Waals surface area contributed by atoms with Gasteiger partial charge in [-0.05, 0) is 72.0 Å². The fourth-order valence-electron chi connectivity index (χ4n) is 1.87. The van der Waals surface area contributed by atoms with Gasteiger partial charge < -0.3 is 10.4 Å². The second-order valence-electron chi connectivity index (χ2n) is 5.19. The third-order valence-electron chi connectivity index (χ3n) is 3.08. The van der Waals surface area contributed by atoms with Crippen LogP contribution in [0.2, 0.25) is 0 Å². The van der Waals surface area contributed by atoms with Crippen LogP contribution in [0, 0.1) is 3.57 Å². The number of benzene rings is 2. The standard InChI is InChI=1S/C16H17IN2O4S/c1-11(20)10-18-24(22,23)15-7-5-12(6-8-15)16(21)19-14-4-2-3-13(17)9-14/h2-9,11,18,20H,10H2,1H3,(H,19,21). The molecule has 1 unspecified atom stereocenters. The number of aliphatic hydroxyl groups excluding tert-OH is 1. The second-order valence-corrected chi connectivity index (χ2v) is 8.20. The molecule has 1 amide bonds. The molecule has 24 heavy (non-hydrogen) atoms. The Kier molecular flexibility index (Phi) is 6.33. The number of halogens is 1. The molecule has 0 aliphatic carbocycles. The highest BCUT2D eigenvalue weighted by atomic mass is 127. The van der Waals surface area contributed by atoms with Crippen LogP contribution in [0.15, 0.2) is 53.4 Å². The smallest absolute Gasteiger partial charge is 0.255 e. The molecule has 0 saturated carbocycles. The largest absolute Gasteiger partial charge is 0.392 e. The van der Waals surface area contributed by atoms with Gasteiger partial charge in [-0.1, -0.05) is 6.07 Å². The Labute approximate surface area is 154 Å². The Morgan fingerprint density at radius 1 is 1.21 bits per heavy atom. The summed E-state index contributed by atoms with van der Waals surface area (Å²) in [7, 11) is -3.71. The van der Waals surface area contributed by atoms with Gasteiger partial charge in [-0.15, -0.1) is 0 Å². The summed E-state index contributed by atoms with van der Waals surface area (Å²) in [6, 6.07) is 13.0. The predicted molar refractivity (Wildman–Crippen MR) is 100 cm³/mol. The van der Waals surface area contributed by atoms with Gasteiger partial charge in [0.25, 0.3) is 5.91 Å². The van der Waals surface area contributed by atoms with E-state index in [9.17, 15) is 13.2 Å². The minimum atomic E-state index is -3.71. The first-order valence-corrected chi connectivity index (χ1v) is 9.69. The van der Waals surface area contributed by atoms with Crippen LogP contribution >= 0.6 is 22.6 Å². The molecule has 2 rings (SSSR count). The first-order chi connectivity index (χ1) is 11.3. The van der Waals surface area contributed by atoms with Crippen molar-refractivity contribution in [3.05, 3.63) is 57.7 Å². The van der Waals surface area contributed by atoms with Crippen LogP contribution in [0.1, 0.15) is 17.3 Å². The number of hydrogen-bond acceptors (Lipinski definition) is 4. The van der Waals surface area contributed by atoms with Crippen molar-refractivity contribution in [1.82, 2.24) is 4.72 Å². The lowest BCUT2D eigenvalue weighted by Crippen LogP contribution is -2.30. The van der Waals surface area contributed by atoms with E-state index in [1.165, 1.54) is 31.2 Å². The van der Waals surface area contributed by atoms with E-state index in [1.807, 2.05) is 18.2 Å². The van der Waals surface area contributed by atoms with Gasteiger partial charge in [-0.25, -0.2) is 13.1 Å². The number of sulfonamides is 1. The van der Waals surface area contributed by atoms with Crippen molar-refractivity contribution in [1.29, 1.82) is 0 Å². The van der Waals surface area contributed by atoms with Gasteiger partial charge in [0.1, 0.15) is 0 Å². The first kappa shape index (κ1) is 18.8. The molecule has 128 valence electrons. The third kappa shape index (κ3) is 5.26. The lowest BCUT2D eigenvalue weighted by molar-refractivity contribution is 0.102. The monoisotopic (exact) mass is 460 g/mol. The summed E-state index contributed by atoms with van der Waals surface area (Å²) in [5.41, 5.74) is 1.02. The van der Waals surface area contributed by atoms with Crippen LogP contribution in [0.4, 0.5) is 5.69 Å². The molecule has 2 aromatic carbocycles. The molecule has 8 heteroatoms. The Bertz CT molecular complexity index is 820. The summed E-state index contributed by atoms with van der Waals surface area (Å²) < 4.78 is 27.3. The number of amides is 1. The maximum atomic E-state index is 12.2. The van der Waals surface area contributed by atoms with Crippen molar-refractivity contribution >= 4 is 44.2 Å². The summed E-state index contributed by atoms with van der Waals surface area (Å²) in [5, 5.41) is 11.9. The minimum absolute atomic E-state index is 0.0361. The van der Waals surface area contributed by atoms with E-state index in [4.69, 9.17) is 5.11 Å². The van der Waals surface area contributed by atoms with Crippen LogP contribution in [-0.2, 0) is 10.0 Å². The minimum Gasteiger partial charge on any atom is -0.392 e. The van der Waals surface area contributed by atoms with Crippen molar-refractivity contribution in [3.8, 4) is 0 Å². The van der Waals surface area contributed by atoms with Crippen molar-refractivity contribution in [2.45, 2.75) is 17.9 Å². The molecule has 0 spiro atoms. The van der Waals surface area contributed by atoms with Gasteiger partial charge in [0.2, 0.25) is 10.0 Å². The molecule has 1 atom stereocenters. The number of anilines is 1. The fourth-order valence-corrected chi connectivity index (χ4v) is 3.53. The molecule has 6 nitrogen and oxygen atoms in total. The number of rotatable bonds is 6. The lowest BCUT2D eigenvalue weighted by atomic mass is 10.2. The molecule has 0 saturated heterocycles. The van der Waals surface area contributed by atoms with Crippen molar-refractivity contribution in [3.63, 3.8) is 0 Å². The van der Waals surface area contributed by atoms with Crippen LogP contribution in [0.25, 0.3) is 0 Å². The van der Waals surface area contributed by atoms with E-state index in [2.05, 4.69) is 32.6 Å². The molecule has 0 aromatic heterocycles. The summed E-state index contributed by atoms with van der Waals surface area (Å²) in [4.78, 5) is 12.2. The summed E-state index contributed by atoms with van der Waals surface area (Å²) in [5.74, 6) is -0.321. The van der Waals surface area contributed by atoms with E-state index in [0.717, 1.165) is 3.57 Å². The molecule has 0 heterocycles. The van der Waals surface area contributed by atoms with Gasteiger partial charge in [-0.3, -0.25) is 4.79 Å². The highest BCUT2D eigenvalue weighted by Crippen LogP contribution is 2.15. The van der Waals surface area contributed by atoms with Gasteiger partial charge >= 0.3 is 0 Å². The van der Waals surface area contributed by atoms with Crippen molar-refractivity contribution < 1.29 is 18.3 Å². The Hall–Kier alpha value is -1.49. The zero-order chi connectivity index (χ0) is 17.7. The number of nitrogens with one attached hydrogen (secondary N) is 2. The van der Waals surface area contributed by atoms with E-state index >= 15 is 0 Å². The van der Waals surface area contributed by atoms with E-state index in [-0.39, 0.29) is 17.3 Å². The number of aliphatic hydroxyl groups is 1. The molecular weight excluding hydrogens is 443 g/mol. The maximum absolute atomic E-state index is 12.2. The molecule has 0 aliphatic heterocycles. The van der Waals surface area contributed by atoms with Gasteiger partial charge in [0, 0.05) is 21.4 Å². The van der Waals surface area contributed by atoms with Gasteiger partial charge in [0.05, 0.1) is 11.0 Å². The van der Waals surface area contributed by atoms with E-state index in [1.54, 1.807) is 6.07 Å². The predicted octanol–water partition coefficient (Wildman–Crippen LogP) is 2.20. The topological polar surface area (TPSA) is 95.5 Å². The molecule has 2 aromatic rings. The zero-order valence-corrected chi connectivity index (χ0v) is 15.8. The lowest BCUT2D eigenvalue weighted by Gasteiger charge is -2.09. The summed E-state index contributed by atoms with van der Waals surface area (Å²) in [6.45, 7) is 1.41.